The summed E-state index contributed by atoms with van der Waals surface area (Å²) in [6, 6.07) is 13.8. The van der Waals surface area contributed by atoms with E-state index < -0.39 is 0 Å². The summed E-state index contributed by atoms with van der Waals surface area (Å²) in [5.74, 6) is -0.317. The Labute approximate surface area is 130 Å². The predicted molar refractivity (Wildman–Crippen MR) is 84.7 cm³/mol. The quantitative estimate of drug-likeness (QED) is 0.885. The molecule has 1 atom stereocenters. The van der Waals surface area contributed by atoms with Crippen LogP contribution in [0.5, 0.6) is 0 Å². The van der Waals surface area contributed by atoms with Crippen LogP contribution in [0, 0.1) is 6.92 Å². The fourth-order valence-corrected chi connectivity index (χ4v) is 2.72. The zero-order valence-electron chi connectivity index (χ0n) is 12.8. The van der Waals surface area contributed by atoms with Crippen molar-refractivity contribution >= 4 is 5.97 Å². The number of aryl methyl sites for hydroxylation is 1. The van der Waals surface area contributed by atoms with E-state index in [9.17, 15) is 4.79 Å². The molecule has 4 nitrogen and oxygen atoms in total. The molecule has 1 fully saturated rings. The highest BCUT2D eigenvalue weighted by Crippen LogP contribution is 2.27. The van der Waals surface area contributed by atoms with Crippen LogP contribution in [0.1, 0.15) is 27.7 Å². The number of carbonyl (C=O) groups excluding carboxylic acids is 1. The third-order valence-electron chi connectivity index (χ3n) is 3.89. The highest BCUT2D eigenvalue weighted by atomic mass is 16.5. The van der Waals surface area contributed by atoms with Gasteiger partial charge >= 0.3 is 5.97 Å². The summed E-state index contributed by atoms with van der Waals surface area (Å²) in [7, 11) is 1.39. The molecule has 1 N–H and O–H groups in total. The molecule has 0 aromatic heterocycles. The zero-order chi connectivity index (χ0) is 15.5. The second-order valence-corrected chi connectivity index (χ2v) is 5.35. The number of rotatable bonds is 3. The first-order chi connectivity index (χ1) is 10.7. The van der Waals surface area contributed by atoms with Gasteiger partial charge in [0, 0.05) is 6.54 Å². The van der Waals surface area contributed by atoms with Crippen molar-refractivity contribution in [2.45, 2.75) is 13.2 Å². The molecule has 2 aromatic rings. The normalized spacial score (nSPS) is 17.5. The third-order valence-corrected chi connectivity index (χ3v) is 3.89. The van der Waals surface area contributed by atoms with Gasteiger partial charge in [-0.15, -0.1) is 0 Å². The minimum Gasteiger partial charge on any atom is -0.465 e. The van der Waals surface area contributed by atoms with Gasteiger partial charge in [0.15, 0.2) is 0 Å². The van der Waals surface area contributed by atoms with Crippen molar-refractivity contribution < 1.29 is 14.3 Å². The Balaban J connectivity index is 1.86. The topological polar surface area (TPSA) is 47.6 Å². The highest BCUT2D eigenvalue weighted by Gasteiger charge is 2.17. The van der Waals surface area contributed by atoms with Crippen molar-refractivity contribution in [2.75, 3.05) is 20.3 Å². The van der Waals surface area contributed by atoms with Gasteiger partial charge in [-0.2, -0.15) is 0 Å². The van der Waals surface area contributed by atoms with Crippen molar-refractivity contribution in [1.29, 1.82) is 0 Å². The highest BCUT2D eigenvalue weighted by molar-refractivity contribution is 5.90. The Morgan fingerprint density at radius 1 is 1.23 bits per heavy atom. The van der Waals surface area contributed by atoms with Crippen molar-refractivity contribution in [3.63, 3.8) is 0 Å². The Bertz CT molecular complexity index is 673. The predicted octanol–water partition coefficient (Wildman–Crippen LogP) is 3.07. The Kier molecular flexibility index (Phi) is 4.22. The molecule has 0 amide bonds. The molecular weight excluding hydrogens is 278 g/mol. The second kappa shape index (κ2) is 6.30. The van der Waals surface area contributed by atoms with Crippen LogP contribution >= 0.6 is 0 Å². The zero-order valence-corrected chi connectivity index (χ0v) is 12.8. The molecule has 2 aromatic carbocycles. The molecule has 0 saturated carbocycles. The summed E-state index contributed by atoms with van der Waals surface area (Å²) in [5, 5.41) is 3.31. The lowest BCUT2D eigenvalue weighted by molar-refractivity contribution is 0.0600. The van der Waals surface area contributed by atoms with E-state index >= 15 is 0 Å². The molecule has 0 radical (unpaired) electrons. The van der Waals surface area contributed by atoms with E-state index in [0.29, 0.717) is 5.56 Å². The van der Waals surface area contributed by atoms with E-state index in [1.807, 2.05) is 12.1 Å². The first kappa shape index (κ1) is 14.8. The molecule has 114 valence electrons. The first-order valence-electron chi connectivity index (χ1n) is 7.33. The number of methoxy groups -OCH3 is 1. The number of hydrogen-bond donors (Lipinski definition) is 1. The monoisotopic (exact) mass is 297 g/mol. The second-order valence-electron chi connectivity index (χ2n) is 5.35. The van der Waals surface area contributed by atoms with Crippen LogP contribution < -0.4 is 5.32 Å². The van der Waals surface area contributed by atoms with Crippen LogP contribution in [-0.4, -0.2) is 26.2 Å². The number of nitrogens with one attached hydrogen (secondary N) is 1. The third kappa shape index (κ3) is 2.89. The van der Waals surface area contributed by atoms with Gasteiger partial charge in [0.2, 0.25) is 0 Å². The van der Waals surface area contributed by atoms with Gasteiger partial charge < -0.3 is 9.47 Å². The van der Waals surface area contributed by atoms with Crippen molar-refractivity contribution in [1.82, 2.24) is 5.32 Å². The van der Waals surface area contributed by atoms with Gasteiger partial charge in [-0.1, -0.05) is 30.3 Å². The summed E-state index contributed by atoms with van der Waals surface area (Å²) in [6.07, 6.45) is -0.00514. The summed E-state index contributed by atoms with van der Waals surface area (Å²) >= 11 is 0. The largest absolute Gasteiger partial charge is 0.465 e. The fourth-order valence-electron chi connectivity index (χ4n) is 2.72. The van der Waals surface area contributed by atoms with Crippen LogP contribution in [0.15, 0.2) is 42.5 Å². The average molecular weight is 297 g/mol. The molecule has 0 bridgehead atoms. The lowest BCUT2D eigenvalue weighted by Crippen LogP contribution is -2.13. The van der Waals surface area contributed by atoms with Gasteiger partial charge in [-0.05, 0) is 41.3 Å². The van der Waals surface area contributed by atoms with Crippen molar-refractivity contribution in [2.24, 2.45) is 0 Å². The summed E-state index contributed by atoms with van der Waals surface area (Å²) < 4.78 is 10.3. The maximum absolute atomic E-state index is 11.5. The van der Waals surface area contributed by atoms with E-state index in [1.54, 1.807) is 12.1 Å². The van der Waals surface area contributed by atoms with E-state index in [-0.39, 0.29) is 12.2 Å². The minimum absolute atomic E-state index is 0.00514. The number of esters is 1. The van der Waals surface area contributed by atoms with Crippen LogP contribution in [0.25, 0.3) is 11.1 Å². The molecule has 1 saturated heterocycles. The SMILES string of the molecule is COC(=O)c1ccc(-c2ccc(C3NCCO3)cc2C)cc1. The number of hydrogen-bond acceptors (Lipinski definition) is 4. The van der Waals surface area contributed by atoms with Crippen molar-refractivity contribution in [3.05, 3.63) is 59.2 Å². The summed E-state index contributed by atoms with van der Waals surface area (Å²) in [6.45, 7) is 3.73. The number of ether oxygens (including phenoxy) is 2. The number of carbonyl (C=O) groups is 1. The summed E-state index contributed by atoms with van der Waals surface area (Å²) in [5.41, 5.74) is 5.12. The number of benzene rings is 2. The maximum atomic E-state index is 11.5. The average Bonchev–Trinajstić information content (AvgIpc) is 3.09. The minimum atomic E-state index is -0.317. The van der Waals surface area contributed by atoms with Crippen LogP contribution in [0.3, 0.4) is 0 Å². The maximum Gasteiger partial charge on any atom is 0.337 e. The van der Waals surface area contributed by atoms with E-state index in [2.05, 4.69) is 30.4 Å². The van der Waals surface area contributed by atoms with Gasteiger partial charge in [0.25, 0.3) is 0 Å². The molecule has 0 spiro atoms. The molecule has 0 aliphatic carbocycles. The molecule has 1 aliphatic heterocycles. The lowest BCUT2D eigenvalue weighted by atomic mass is 9.97. The van der Waals surface area contributed by atoms with E-state index in [1.165, 1.54) is 12.7 Å². The molecular formula is C18H19NO3. The Morgan fingerprint density at radius 3 is 2.59 bits per heavy atom. The fraction of sp³-hybridized carbons (Fsp3) is 0.278. The molecule has 3 rings (SSSR count). The van der Waals surface area contributed by atoms with E-state index in [0.717, 1.165) is 29.8 Å². The standard InChI is InChI=1S/C18H19NO3/c1-12-11-15(17-19-9-10-22-17)7-8-16(12)13-3-5-14(6-4-13)18(20)21-2/h3-8,11,17,19H,9-10H2,1-2H3. The van der Waals surface area contributed by atoms with Crippen LogP contribution in [0.4, 0.5) is 0 Å². The molecule has 1 heterocycles. The molecule has 1 unspecified atom stereocenters. The van der Waals surface area contributed by atoms with Gasteiger partial charge in [0.05, 0.1) is 19.3 Å². The summed E-state index contributed by atoms with van der Waals surface area (Å²) in [4.78, 5) is 11.5. The molecule has 22 heavy (non-hydrogen) atoms. The molecule has 1 aliphatic rings. The van der Waals surface area contributed by atoms with Crippen LogP contribution in [-0.2, 0) is 9.47 Å². The molecule has 4 heteroatoms. The first-order valence-corrected chi connectivity index (χ1v) is 7.33. The van der Waals surface area contributed by atoms with Crippen LogP contribution in [0.2, 0.25) is 0 Å². The van der Waals surface area contributed by atoms with Gasteiger partial charge in [0.1, 0.15) is 6.23 Å². The van der Waals surface area contributed by atoms with Gasteiger partial charge in [-0.3, -0.25) is 5.32 Å². The van der Waals surface area contributed by atoms with Crippen molar-refractivity contribution in [3.8, 4) is 11.1 Å². The van der Waals surface area contributed by atoms with E-state index in [4.69, 9.17) is 9.47 Å². The Morgan fingerprint density at radius 2 is 2.00 bits per heavy atom. The smallest absolute Gasteiger partial charge is 0.337 e. The van der Waals surface area contributed by atoms with Gasteiger partial charge in [-0.25, -0.2) is 4.79 Å². The Hall–Kier alpha value is -2.17. The lowest BCUT2D eigenvalue weighted by Gasteiger charge is -2.14.